The molecule has 0 fully saturated rings. The van der Waals surface area contributed by atoms with Crippen molar-refractivity contribution in [2.45, 2.75) is 56.8 Å². The van der Waals surface area contributed by atoms with E-state index in [4.69, 9.17) is 0 Å². The first-order chi connectivity index (χ1) is 8.47. The maximum Gasteiger partial charge on any atom is 0.0714 e. The molecule has 0 aliphatic heterocycles. The number of aliphatic hydroxyl groups excluding tert-OH is 1. The third kappa shape index (κ3) is 3.48. The number of fused-ring (bicyclic) bond motifs is 1. The zero-order chi connectivity index (χ0) is 13.2. The van der Waals surface area contributed by atoms with Gasteiger partial charge in [-0.05, 0) is 30.9 Å². The highest BCUT2D eigenvalue weighted by atomic mass is 32.2. The summed E-state index contributed by atoms with van der Waals surface area (Å²) in [6, 6.07) is 4.15. The van der Waals surface area contributed by atoms with Crippen molar-refractivity contribution >= 4 is 11.8 Å². The van der Waals surface area contributed by atoms with Gasteiger partial charge in [0, 0.05) is 28.3 Å². The Morgan fingerprint density at radius 3 is 3.00 bits per heavy atom. The lowest BCUT2D eigenvalue weighted by Crippen LogP contribution is -2.27. The summed E-state index contributed by atoms with van der Waals surface area (Å²) in [6.07, 6.45) is 4.92. The van der Waals surface area contributed by atoms with Gasteiger partial charge in [-0.15, -0.1) is 0 Å². The zero-order valence-corrected chi connectivity index (χ0v) is 12.3. The van der Waals surface area contributed by atoms with E-state index in [1.807, 2.05) is 24.0 Å². The van der Waals surface area contributed by atoms with Crippen LogP contribution in [0.15, 0.2) is 18.3 Å². The van der Waals surface area contributed by atoms with Gasteiger partial charge in [0.25, 0.3) is 0 Å². The minimum absolute atomic E-state index is 0.211. The molecule has 0 aromatic carbocycles. The van der Waals surface area contributed by atoms with E-state index in [1.54, 1.807) is 0 Å². The molecule has 1 aliphatic rings. The maximum atomic E-state index is 10.4. The van der Waals surface area contributed by atoms with E-state index in [-0.39, 0.29) is 16.8 Å². The number of nitrogens with zero attached hydrogens (tertiary/aromatic N) is 1. The molecule has 2 nitrogen and oxygen atoms in total. The molecule has 0 radical (unpaired) electrons. The number of rotatable bonds is 3. The molecule has 1 heterocycles. The third-order valence-corrected chi connectivity index (χ3v) is 4.76. The summed E-state index contributed by atoms with van der Waals surface area (Å²) in [6.45, 7) is 6.58. The monoisotopic (exact) mass is 265 g/mol. The van der Waals surface area contributed by atoms with Crippen LogP contribution in [0, 0.1) is 0 Å². The molecule has 2 unspecified atom stereocenters. The molecular weight excluding hydrogens is 242 g/mol. The van der Waals surface area contributed by atoms with Crippen molar-refractivity contribution in [3.05, 3.63) is 29.6 Å². The second-order valence-corrected chi connectivity index (χ2v) is 7.88. The van der Waals surface area contributed by atoms with Crippen LogP contribution in [0.3, 0.4) is 0 Å². The smallest absolute Gasteiger partial charge is 0.0714 e. The maximum absolute atomic E-state index is 10.4. The first kappa shape index (κ1) is 13.9. The third-order valence-electron chi connectivity index (χ3n) is 3.39. The van der Waals surface area contributed by atoms with Gasteiger partial charge < -0.3 is 5.11 Å². The quantitative estimate of drug-likeness (QED) is 0.909. The van der Waals surface area contributed by atoms with Crippen molar-refractivity contribution in [3.8, 4) is 0 Å². The molecule has 0 spiro atoms. The topological polar surface area (TPSA) is 33.1 Å². The molecule has 1 aromatic rings. The summed E-state index contributed by atoms with van der Waals surface area (Å²) in [5, 5.41) is 10.4. The Balaban J connectivity index is 2.06. The molecule has 2 rings (SSSR count). The number of aliphatic hydroxyl groups is 1. The SMILES string of the molecule is CC(C)(C)SCC(O)C1CCCc2cccnc21. The van der Waals surface area contributed by atoms with Gasteiger partial charge in [-0.25, -0.2) is 0 Å². The van der Waals surface area contributed by atoms with E-state index in [0.717, 1.165) is 24.3 Å². The fourth-order valence-corrected chi connectivity index (χ4v) is 3.37. The number of hydrogen-bond donors (Lipinski definition) is 1. The van der Waals surface area contributed by atoms with Crippen molar-refractivity contribution in [1.29, 1.82) is 0 Å². The highest BCUT2D eigenvalue weighted by molar-refractivity contribution is 8.00. The molecule has 0 saturated heterocycles. The number of hydrogen-bond acceptors (Lipinski definition) is 3. The Hall–Kier alpha value is -0.540. The molecule has 1 aromatic heterocycles. The fraction of sp³-hybridized carbons (Fsp3) is 0.667. The Morgan fingerprint density at radius 2 is 2.28 bits per heavy atom. The van der Waals surface area contributed by atoms with Gasteiger partial charge in [0.1, 0.15) is 0 Å². The van der Waals surface area contributed by atoms with Crippen LogP contribution < -0.4 is 0 Å². The van der Waals surface area contributed by atoms with Crippen molar-refractivity contribution in [2.24, 2.45) is 0 Å². The second-order valence-electron chi connectivity index (χ2n) is 6.04. The summed E-state index contributed by atoms with van der Waals surface area (Å²) in [7, 11) is 0. The van der Waals surface area contributed by atoms with Crippen LogP contribution in [0.25, 0.3) is 0 Å². The van der Waals surface area contributed by atoms with Crippen molar-refractivity contribution in [1.82, 2.24) is 4.98 Å². The summed E-state index contributed by atoms with van der Waals surface area (Å²) in [4.78, 5) is 4.50. The standard InChI is InChI=1S/C15H23NOS/c1-15(2,3)18-10-13(17)12-8-4-6-11-7-5-9-16-14(11)12/h5,7,9,12-13,17H,4,6,8,10H2,1-3H3. The molecule has 18 heavy (non-hydrogen) atoms. The van der Waals surface area contributed by atoms with Crippen LogP contribution in [0.1, 0.15) is 50.8 Å². The van der Waals surface area contributed by atoms with Crippen molar-refractivity contribution < 1.29 is 5.11 Å². The highest BCUT2D eigenvalue weighted by Crippen LogP contribution is 2.35. The van der Waals surface area contributed by atoms with Crippen molar-refractivity contribution in [3.63, 3.8) is 0 Å². The lowest BCUT2D eigenvalue weighted by molar-refractivity contribution is 0.155. The molecule has 100 valence electrons. The molecule has 2 atom stereocenters. The zero-order valence-electron chi connectivity index (χ0n) is 11.5. The Morgan fingerprint density at radius 1 is 1.50 bits per heavy atom. The first-order valence-corrected chi connectivity index (χ1v) is 7.72. The lowest BCUT2D eigenvalue weighted by atomic mass is 9.84. The van der Waals surface area contributed by atoms with Gasteiger partial charge in [0.2, 0.25) is 0 Å². The number of aryl methyl sites for hydroxylation is 1. The average Bonchev–Trinajstić information content (AvgIpc) is 2.34. The van der Waals surface area contributed by atoms with Crippen LogP contribution in [-0.2, 0) is 6.42 Å². The van der Waals surface area contributed by atoms with E-state index in [2.05, 4.69) is 31.8 Å². The molecule has 3 heteroatoms. The average molecular weight is 265 g/mol. The minimum Gasteiger partial charge on any atom is -0.392 e. The van der Waals surface area contributed by atoms with Gasteiger partial charge in [0.15, 0.2) is 0 Å². The van der Waals surface area contributed by atoms with E-state index < -0.39 is 0 Å². The van der Waals surface area contributed by atoms with E-state index in [9.17, 15) is 5.11 Å². The van der Waals surface area contributed by atoms with Crippen molar-refractivity contribution in [2.75, 3.05) is 5.75 Å². The van der Waals surface area contributed by atoms with Crippen LogP contribution in [0.5, 0.6) is 0 Å². The van der Waals surface area contributed by atoms with Crippen LogP contribution in [0.4, 0.5) is 0 Å². The highest BCUT2D eigenvalue weighted by Gasteiger charge is 2.28. The lowest BCUT2D eigenvalue weighted by Gasteiger charge is -2.29. The van der Waals surface area contributed by atoms with Gasteiger partial charge in [-0.2, -0.15) is 11.8 Å². The Bertz CT molecular complexity index is 400. The van der Waals surface area contributed by atoms with E-state index in [0.29, 0.717) is 0 Å². The summed E-state index contributed by atoms with van der Waals surface area (Å²) in [5.74, 6) is 1.02. The number of thioether (sulfide) groups is 1. The van der Waals surface area contributed by atoms with Crippen LogP contribution >= 0.6 is 11.8 Å². The molecule has 1 aliphatic carbocycles. The van der Waals surface area contributed by atoms with Crippen LogP contribution in [-0.4, -0.2) is 26.7 Å². The predicted molar refractivity (Wildman–Crippen MR) is 78.1 cm³/mol. The Kier molecular flexibility index (Phi) is 4.33. The molecule has 0 bridgehead atoms. The number of pyridine rings is 1. The van der Waals surface area contributed by atoms with E-state index >= 15 is 0 Å². The van der Waals surface area contributed by atoms with Gasteiger partial charge in [-0.3, -0.25) is 4.98 Å². The largest absolute Gasteiger partial charge is 0.392 e. The normalized spacial score (nSPS) is 21.4. The number of aromatic nitrogens is 1. The molecule has 1 N–H and O–H groups in total. The molecule has 0 amide bonds. The molecule has 0 saturated carbocycles. The minimum atomic E-state index is -0.275. The first-order valence-electron chi connectivity index (χ1n) is 6.73. The predicted octanol–water partition coefficient (Wildman–Crippen LogP) is 3.39. The van der Waals surface area contributed by atoms with Gasteiger partial charge in [-0.1, -0.05) is 26.8 Å². The Labute approximate surface area is 114 Å². The summed E-state index contributed by atoms with van der Waals surface area (Å²) >= 11 is 1.83. The van der Waals surface area contributed by atoms with Gasteiger partial charge in [0.05, 0.1) is 6.10 Å². The summed E-state index contributed by atoms with van der Waals surface area (Å²) in [5.41, 5.74) is 2.46. The second kappa shape index (κ2) is 5.62. The summed E-state index contributed by atoms with van der Waals surface area (Å²) < 4.78 is 0.211. The fourth-order valence-electron chi connectivity index (χ4n) is 2.47. The molecular formula is C15H23NOS. The van der Waals surface area contributed by atoms with E-state index in [1.165, 1.54) is 12.0 Å². The van der Waals surface area contributed by atoms with Crippen LogP contribution in [0.2, 0.25) is 0 Å². The van der Waals surface area contributed by atoms with Gasteiger partial charge >= 0.3 is 0 Å².